The van der Waals surface area contributed by atoms with Crippen molar-refractivity contribution in [3.05, 3.63) is 82.6 Å². The molecule has 178 valence electrons. The van der Waals surface area contributed by atoms with Crippen LogP contribution in [0.4, 0.5) is 0 Å². The number of para-hydroxylation sites is 1. The van der Waals surface area contributed by atoms with Crippen LogP contribution in [0.15, 0.2) is 60.9 Å². The van der Waals surface area contributed by atoms with Gasteiger partial charge in [-0.3, -0.25) is 4.98 Å². The van der Waals surface area contributed by atoms with Crippen molar-refractivity contribution in [2.75, 3.05) is 6.54 Å². The van der Waals surface area contributed by atoms with Gasteiger partial charge >= 0.3 is 0 Å². The predicted octanol–water partition coefficient (Wildman–Crippen LogP) is 6.56. The third kappa shape index (κ3) is 5.14. The van der Waals surface area contributed by atoms with E-state index in [4.69, 9.17) is 22.1 Å². The molecule has 1 heterocycles. The number of nitrogens with zero attached hydrogens (tertiary/aromatic N) is 1. The Balaban J connectivity index is 1.38. The first-order valence-electron chi connectivity index (χ1n) is 12.5. The number of hydrogen-bond donors (Lipinski definition) is 2. The first kappa shape index (κ1) is 23.3. The number of halogens is 1. The molecule has 1 unspecified atom stereocenters. The van der Waals surface area contributed by atoms with E-state index in [1.807, 2.05) is 18.5 Å². The molecule has 0 spiro atoms. The smallest absolute Gasteiger partial charge is 0.127 e. The molecule has 5 heteroatoms. The summed E-state index contributed by atoms with van der Waals surface area (Å²) in [6, 6.07) is 17.0. The minimum absolute atomic E-state index is 0.0826. The molecular weight excluding hydrogens is 442 g/mol. The zero-order valence-corrected chi connectivity index (χ0v) is 20.7. The lowest BCUT2D eigenvalue weighted by molar-refractivity contribution is 0.304. The zero-order valence-electron chi connectivity index (χ0n) is 19.9. The minimum atomic E-state index is -0.0826. The molecule has 3 aromatic rings. The molecule has 1 atom stereocenters. The summed E-state index contributed by atoms with van der Waals surface area (Å²) in [7, 11) is 0. The van der Waals surface area contributed by atoms with Gasteiger partial charge in [0, 0.05) is 35.1 Å². The summed E-state index contributed by atoms with van der Waals surface area (Å²) >= 11 is 6.61. The van der Waals surface area contributed by atoms with E-state index in [1.54, 1.807) is 0 Å². The fraction of sp³-hybridized carbons (Fsp3) is 0.414. The molecule has 4 nitrogen and oxygen atoms in total. The van der Waals surface area contributed by atoms with Gasteiger partial charge in [0.05, 0.1) is 6.10 Å². The summed E-state index contributed by atoms with van der Waals surface area (Å²) in [5.74, 6) is 1.44. The second-order valence-corrected chi connectivity index (χ2v) is 10.3. The van der Waals surface area contributed by atoms with Gasteiger partial charge in [0.1, 0.15) is 5.75 Å². The fourth-order valence-electron chi connectivity index (χ4n) is 4.73. The maximum absolute atomic E-state index is 6.61. The molecule has 2 saturated carbocycles. The van der Waals surface area contributed by atoms with Crippen LogP contribution in [0.3, 0.4) is 0 Å². The van der Waals surface area contributed by atoms with E-state index in [0.717, 1.165) is 73.5 Å². The maximum atomic E-state index is 6.61. The first-order chi connectivity index (χ1) is 16.6. The summed E-state index contributed by atoms with van der Waals surface area (Å²) in [6.45, 7) is 3.73. The standard InChI is InChI=1S/C29H34ClN3O/c1-20(5-4-15-31)21-8-11-27(30)22(17-21)18-33-29(13-14-29)26-19-32-16-12-24(26)25-6-2-3-7-28(25)34-23-9-10-23/h2-3,6-8,11-12,16-17,19-20,23,33H,4-5,9-10,13-15,18,31H2,1H3. The van der Waals surface area contributed by atoms with Gasteiger partial charge in [-0.25, -0.2) is 0 Å². The minimum Gasteiger partial charge on any atom is -0.490 e. The highest BCUT2D eigenvalue weighted by Crippen LogP contribution is 2.50. The van der Waals surface area contributed by atoms with E-state index >= 15 is 0 Å². The second kappa shape index (κ2) is 10.1. The number of pyridine rings is 1. The highest BCUT2D eigenvalue weighted by Gasteiger charge is 2.45. The molecular formula is C29H34ClN3O. The lowest BCUT2D eigenvalue weighted by Gasteiger charge is -2.23. The highest BCUT2D eigenvalue weighted by molar-refractivity contribution is 6.31. The number of ether oxygens (including phenoxy) is 1. The van der Waals surface area contributed by atoms with E-state index in [0.29, 0.717) is 12.0 Å². The quantitative estimate of drug-likeness (QED) is 0.329. The van der Waals surface area contributed by atoms with Crippen LogP contribution in [-0.2, 0) is 12.1 Å². The molecule has 5 rings (SSSR count). The Kier molecular flexibility index (Phi) is 6.91. The molecule has 0 bridgehead atoms. The average Bonchev–Trinajstić information content (AvgIpc) is 3.79. The molecule has 34 heavy (non-hydrogen) atoms. The van der Waals surface area contributed by atoms with Crippen LogP contribution < -0.4 is 15.8 Å². The van der Waals surface area contributed by atoms with Gasteiger partial charge < -0.3 is 15.8 Å². The van der Waals surface area contributed by atoms with E-state index in [9.17, 15) is 0 Å². The predicted molar refractivity (Wildman–Crippen MR) is 139 cm³/mol. The topological polar surface area (TPSA) is 60.2 Å². The lowest BCUT2D eigenvalue weighted by Crippen LogP contribution is -2.29. The third-order valence-corrected chi connectivity index (χ3v) is 7.55. The number of nitrogens with two attached hydrogens (primary N) is 1. The Morgan fingerprint density at radius 3 is 2.74 bits per heavy atom. The molecule has 3 N–H and O–H groups in total. The van der Waals surface area contributed by atoms with E-state index in [-0.39, 0.29) is 5.54 Å². The molecule has 0 aliphatic heterocycles. The molecule has 0 radical (unpaired) electrons. The molecule has 1 aromatic heterocycles. The Hall–Kier alpha value is -2.40. The van der Waals surface area contributed by atoms with Gasteiger partial charge in [0.25, 0.3) is 0 Å². The van der Waals surface area contributed by atoms with Crippen LogP contribution in [0.25, 0.3) is 11.1 Å². The van der Waals surface area contributed by atoms with Crippen molar-refractivity contribution in [1.82, 2.24) is 10.3 Å². The second-order valence-electron chi connectivity index (χ2n) is 9.85. The van der Waals surface area contributed by atoms with Crippen molar-refractivity contribution < 1.29 is 4.74 Å². The first-order valence-corrected chi connectivity index (χ1v) is 12.9. The van der Waals surface area contributed by atoms with Gasteiger partial charge in [0.15, 0.2) is 0 Å². The number of nitrogens with one attached hydrogen (secondary N) is 1. The largest absolute Gasteiger partial charge is 0.490 e. The third-order valence-electron chi connectivity index (χ3n) is 7.18. The SMILES string of the molecule is CC(CCCN)c1ccc(Cl)c(CNC2(c3cnccc3-c3ccccc3OC3CC3)CC2)c1. The Morgan fingerprint density at radius 2 is 1.97 bits per heavy atom. The van der Waals surface area contributed by atoms with Gasteiger partial charge in [0.2, 0.25) is 0 Å². The number of benzene rings is 2. The summed E-state index contributed by atoms with van der Waals surface area (Å²) in [5, 5.41) is 4.66. The summed E-state index contributed by atoms with van der Waals surface area (Å²) in [4.78, 5) is 4.50. The number of aromatic nitrogens is 1. The van der Waals surface area contributed by atoms with Gasteiger partial charge in [-0.1, -0.05) is 48.9 Å². The highest BCUT2D eigenvalue weighted by atomic mass is 35.5. The molecule has 0 saturated heterocycles. The Morgan fingerprint density at radius 1 is 1.15 bits per heavy atom. The van der Waals surface area contributed by atoms with Crippen molar-refractivity contribution in [2.24, 2.45) is 5.73 Å². The summed E-state index contributed by atoms with van der Waals surface area (Å²) < 4.78 is 6.24. The van der Waals surface area contributed by atoms with Crippen molar-refractivity contribution in [1.29, 1.82) is 0 Å². The van der Waals surface area contributed by atoms with Crippen LogP contribution >= 0.6 is 11.6 Å². The Labute approximate surface area is 207 Å². The zero-order chi connectivity index (χ0) is 23.5. The van der Waals surface area contributed by atoms with Crippen LogP contribution in [-0.4, -0.2) is 17.6 Å². The maximum Gasteiger partial charge on any atom is 0.127 e. The Bertz CT molecular complexity index is 1140. The molecule has 2 aliphatic carbocycles. The molecule has 0 amide bonds. The van der Waals surface area contributed by atoms with E-state index in [1.165, 1.54) is 16.7 Å². The van der Waals surface area contributed by atoms with Crippen LogP contribution in [0.5, 0.6) is 5.75 Å². The normalized spacial score (nSPS) is 17.4. The van der Waals surface area contributed by atoms with E-state index < -0.39 is 0 Å². The van der Waals surface area contributed by atoms with Crippen molar-refractivity contribution in [3.8, 4) is 16.9 Å². The van der Waals surface area contributed by atoms with Crippen molar-refractivity contribution >= 4 is 11.6 Å². The number of hydrogen-bond acceptors (Lipinski definition) is 4. The summed E-state index contributed by atoms with van der Waals surface area (Å²) in [5.41, 5.74) is 11.7. The molecule has 2 aliphatic rings. The van der Waals surface area contributed by atoms with Crippen LogP contribution in [0.2, 0.25) is 5.02 Å². The molecule has 2 aromatic carbocycles. The van der Waals surface area contributed by atoms with Gasteiger partial charge in [-0.2, -0.15) is 0 Å². The average molecular weight is 476 g/mol. The summed E-state index contributed by atoms with van der Waals surface area (Å²) in [6.07, 6.45) is 10.9. The van der Waals surface area contributed by atoms with E-state index in [2.05, 4.69) is 59.7 Å². The lowest BCUT2D eigenvalue weighted by atomic mass is 9.93. The molecule has 2 fully saturated rings. The fourth-order valence-corrected chi connectivity index (χ4v) is 4.91. The van der Waals surface area contributed by atoms with Gasteiger partial charge in [-0.15, -0.1) is 0 Å². The van der Waals surface area contributed by atoms with Crippen LogP contribution in [0.1, 0.15) is 68.1 Å². The monoisotopic (exact) mass is 475 g/mol. The van der Waals surface area contributed by atoms with Crippen LogP contribution in [0, 0.1) is 0 Å². The van der Waals surface area contributed by atoms with Crippen molar-refractivity contribution in [3.63, 3.8) is 0 Å². The van der Waals surface area contributed by atoms with Gasteiger partial charge in [-0.05, 0) is 91.4 Å². The van der Waals surface area contributed by atoms with Crippen molar-refractivity contribution in [2.45, 2.75) is 69.6 Å². The number of rotatable bonds is 11.